The lowest BCUT2D eigenvalue weighted by Gasteiger charge is -2.37. The average molecular weight is 532 g/mol. The van der Waals surface area contributed by atoms with Gasteiger partial charge in [0.2, 0.25) is 5.95 Å². The molecule has 0 radical (unpaired) electrons. The van der Waals surface area contributed by atoms with Crippen molar-refractivity contribution >= 4 is 40.6 Å². The summed E-state index contributed by atoms with van der Waals surface area (Å²) < 4.78 is 5.25. The van der Waals surface area contributed by atoms with Crippen LogP contribution in [0.5, 0.6) is 5.75 Å². The van der Waals surface area contributed by atoms with Gasteiger partial charge in [-0.3, -0.25) is 0 Å². The average Bonchev–Trinajstić information content (AvgIpc) is 2.97. The van der Waals surface area contributed by atoms with E-state index in [9.17, 15) is 0 Å². The number of piperidine rings is 1. The molecule has 1 atom stereocenters. The van der Waals surface area contributed by atoms with Crippen LogP contribution in [0.25, 0.3) is 0 Å². The highest BCUT2D eigenvalue weighted by atomic mass is 32.1. The van der Waals surface area contributed by atoms with E-state index in [1.54, 1.807) is 7.11 Å². The third-order valence-corrected chi connectivity index (χ3v) is 7.49. The number of nitrogens with one attached hydrogen (secondary N) is 2. The molecule has 200 valence electrons. The molecular formula is C29H37N7OS. The SMILES string of the molecule is COc1ccc(CNC(=S)Nc2nc(N3CCN(c4ccccc4)CC3)cc(N3CCCC(C)C3)n2)cc1. The van der Waals surface area contributed by atoms with E-state index in [1.165, 1.54) is 18.5 Å². The molecule has 1 aromatic heterocycles. The Labute approximate surface area is 231 Å². The molecular weight excluding hydrogens is 494 g/mol. The number of hydrogen-bond donors (Lipinski definition) is 2. The number of aromatic nitrogens is 2. The van der Waals surface area contributed by atoms with Gasteiger partial charge in [-0.1, -0.05) is 37.3 Å². The first-order valence-corrected chi connectivity index (χ1v) is 13.8. The highest BCUT2D eigenvalue weighted by Gasteiger charge is 2.23. The van der Waals surface area contributed by atoms with Gasteiger partial charge in [-0.25, -0.2) is 0 Å². The lowest BCUT2D eigenvalue weighted by atomic mass is 10.0. The molecule has 2 fully saturated rings. The number of methoxy groups -OCH3 is 1. The van der Waals surface area contributed by atoms with Crippen molar-refractivity contribution in [3.63, 3.8) is 0 Å². The molecule has 2 saturated heterocycles. The fourth-order valence-electron chi connectivity index (χ4n) is 5.10. The zero-order valence-electron chi connectivity index (χ0n) is 22.3. The van der Waals surface area contributed by atoms with Crippen molar-refractivity contribution in [2.75, 3.05) is 66.4 Å². The van der Waals surface area contributed by atoms with Gasteiger partial charge in [-0.2, -0.15) is 9.97 Å². The lowest BCUT2D eigenvalue weighted by molar-refractivity contribution is 0.414. The van der Waals surface area contributed by atoms with Crippen LogP contribution in [-0.4, -0.2) is 61.5 Å². The van der Waals surface area contributed by atoms with Crippen LogP contribution in [0.3, 0.4) is 0 Å². The maximum absolute atomic E-state index is 5.61. The normalized spacial score (nSPS) is 17.7. The number of anilines is 4. The van der Waals surface area contributed by atoms with Gasteiger partial charge in [0, 0.05) is 57.6 Å². The van der Waals surface area contributed by atoms with Crippen molar-refractivity contribution in [2.45, 2.75) is 26.3 Å². The van der Waals surface area contributed by atoms with Gasteiger partial charge in [0.25, 0.3) is 0 Å². The second-order valence-corrected chi connectivity index (χ2v) is 10.5. The van der Waals surface area contributed by atoms with E-state index in [4.69, 9.17) is 26.9 Å². The van der Waals surface area contributed by atoms with Crippen LogP contribution in [0.4, 0.5) is 23.3 Å². The van der Waals surface area contributed by atoms with Gasteiger partial charge in [0.05, 0.1) is 7.11 Å². The Hall–Kier alpha value is -3.59. The molecule has 3 aromatic rings. The molecule has 3 heterocycles. The number of benzene rings is 2. The summed E-state index contributed by atoms with van der Waals surface area (Å²) in [5.74, 6) is 3.94. The number of piperazine rings is 1. The standard InChI is InChI=1S/C29H37N7OS/c1-22-7-6-14-36(21-22)27-19-26(35-17-15-34(16-18-35)24-8-4-3-5-9-24)31-28(32-27)33-29(38)30-20-23-10-12-25(37-2)13-11-23/h3-5,8-13,19,22H,6-7,14-18,20-21H2,1-2H3,(H2,30,31,32,33,38). The molecule has 1 unspecified atom stereocenters. The van der Waals surface area contributed by atoms with E-state index in [-0.39, 0.29) is 0 Å². The van der Waals surface area contributed by atoms with Crippen molar-refractivity contribution in [3.8, 4) is 5.75 Å². The maximum Gasteiger partial charge on any atom is 0.232 e. The van der Waals surface area contributed by atoms with Gasteiger partial charge >= 0.3 is 0 Å². The Bertz CT molecular complexity index is 1200. The van der Waals surface area contributed by atoms with Gasteiger partial charge in [0.1, 0.15) is 17.4 Å². The Kier molecular flexibility index (Phi) is 8.43. The summed E-state index contributed by atoms with van der Waals surface area (Å²) in [6.07, 6.45) is 2.45. The Balaban J connectivity index is 1.29. The number of thiocarbonyl (C=S) groups is 1. The third kappa shape index (κ3) is 6.64. The minimum atomic E-state index is 0.504. The quantitative estimate of drug-likeness (QED) is 0.428. The van der Waals surface area contributed by atoms with E-state index >= 15 is 0 Å². The molecule has 2 aliphatic heterocycles. The van der Waals surface area contributed by atoms with Crippen molar-refractivity contribution in [1.82, 2.24) is 15.3 Å². The first-order valence-electron chi connectivity index (χ1n) is 13.4. The zero-order valence-corrected chi connectivity index (χ0v) is 23.1. The summed E-state index contributed by atoms with van der Waals surface area (Å²) in [6, 6.07) is 20.7. The fraction of sp³-hybridized carbons (Fsp3) is 0.414. The molecule has 0 amide bonds. The summed E-state index contributed by atoms with van der Waals surface area (Å²) in [5, 5.41) is 7.03. The molecule has 8 nitrogen and oxygen atoms in total. The van der Waals surface area contributed by atoms with E-state index in [0.29, 0.717) is 23.5 Å². The number of ether oxygens (including phenoxy) is 1. The van der Waals surface area contributed by atoms with Crippen molar-refractivity contribution in [2.24, 2.45) is 5.92 Å². The van der Waals surface area contributed by atoms with E-state index < -0.39 is 0 Å². The van der Waals surface area contributed by atoms with Gasteiger partial charge in [-0.05, 0) is 60.8 Å². The van der Waals surface area contributed by atoms with Crippen molar-refractivity contribution in [1.29, 1.82) is 0 Å². The molecule has 0 spiro atoms. The molecule has 2 aromatic carbocycles. The summed E-state index contributed by atoms with van der Waals surface area (Å²) >= 11 is 5.61. The van der Waals surface area contributed by atoms with Crippen LogP contribution in [0.15, 0.2) is 60.7 Å². The minimum absolute atomic E-state index is 0.504. The van der Waals surface area contributed by atoms with Crippen LogP contribution in [0.1, 0.15) is 25.3 Å². The third-order valence-electron chi connectivity index (χ3n) is 7.24. The van der Waals surface area contributed by atoms with Crippen LogP contribution in [0, 0.1) is 5.92 Å². The Morgan fingerprint density at radius 2 is 1.61 bits per heavy atom. The van der Waals surface area contributed by atoms with E-state index in [0.717, 1.165) is 62.2 Å². The number of rotatable bonds is 7. The number of nitrogens with zero attached hydrogens (tertiary/aromatic N) is 5. The van der Waals surface area contributed by atoms with Crippen molar-refractivity contribution < 1.29 is 4.74 Å². The van der Waals surface area contributed by atoms with Gasteiger partial charge in [-0.15, -0.1) is 0 Å². The van der Waals surface area contributed by atoms with Crippen LogP contribution < -0.4 is 30.1 Å². The summed E-state index contributed by atoms with van der Waals surface area (Å²) in [6.45, 7) is 8.66. The van der Waals surface area contributed by atoms with Gasteiger partial charge in [0.15, 0.2) is 5.11 Å². The predicted molar refractivity (Wildman–Crippen MR) is 160 cm³/mol. The molecule has 5 rings (SSSR count). The van der Waals surface area contributed by atoms with Crippen molar-refractivity contribution in [3.05, 3.63) is 66.2 Å². The second-order valence-electron chi connectivity index (χ2n) is 10.1. The summed E-state index contributed by atoms with van der Waals surface area (Å²) in [7, 11) is 1.67. The highest BCUT2D eigenvalue weighted by molar-refractivity contribution is 7.80. The molecule has 9 heteroatoms. The Morgan fingerprint density at radius 1 is 0.921 bits per heavy atom. The largest absolute Gasteiger partial charge is 0.497 e. The fourth-order valence-corrected chi connectivity index (χ4v) is 5.27. The minimum Gasteiger partial charge on any atom is -0.497 e. The van der Waals surface area contributed by atoms with Crippen LogP contribution >= 0.6 is 12.2 Å². The first kappa shape index (κ1) is 26.0. The van der Waals surface area contributed by atoms with Gasteiger partial charge < -0.3 is 30.1 Å². The topological polar surface area (TPSA) is 68.8 Å². The van der Waals surface area contributed by atoms with E-state index in [2.05, 4.69) is 68.7 Å². The lowest BCUT2D eigenvalue weighted by Crippen LogP contribution is -2.47. The first-order chi connectivity index (χ1) is 18.6. The highest BCUT2D eigenvalue weighted by Crippen LogP contribution is 2.27. The molecule has 2 N–H and O–H groups in total. The smallest absolute Gasteiger partial charge is 0.232 e. The van der Waals surface area contributed by atoms with E-state index in [1.807, 2.05) is 24.3 Å². The molecule has 0 bridgehead atoms. The summed E-state index contributed by atoms with van der Waals surface area (Å²) in [4.78, 5) is 17.0. The molecule has 0 aliphatic carbocycles. The Morgan fingerprint density at radius 3 is 2.29 bits per heavy atom. The zero-order chi connectivity index (χ0) is 26.3. The monoisotopic (exact) mass is 531 g/mol. The molecule has 38 heavy (non-hydrogen) atoms. The predicted octanol–water partition coefficient (Wildman–Crippen LogP) is 4.53. The summed E-state index contributed by atoms with van der Waals surface area (Å²) in [5.41, 5.74) is 2.39. The number of hydrogen-bond acceptors (Lipinski definition) is 7. The van der Waals surface area contributed by atoms with Crippen LogP contribution in [-0.2, 0) is 6.54 Å². The second kappa shape index (κ2) is 12.3. The maximum atomic E-state index is 5.61. The number of para-hydroxylation sites is 1. The van der Waals surface area contributed by atoms with Crippen LogP contribution in [0.2, 0.25) is 0 Å². The molecule has 2 aliphatic rings. The molecule has 0 saturated carbocycles.